The van der Waals surface area contributed by atoms with E-state index < -0.39 is 6.03 Å². The van der Waals surface area contributed by atoms with Crippen LogP contribution in [0.2, 0.25) is 0 Å². The number of primary amides is 1. The summed E-state index contributed by atoms with van der Waals surface area (Å²) in [6.07, 6.45) is 2.34. The van der Waals surface area contributed by atoms with Crippen molar-refractivity contribution in [3.05, 3.63) is 48.0 Å². The molecule has 3 N–H and O–H groups in total. The van der Waals surface area contributed by atoms with Crippen LogP contribution in [0.5, 0.6) is 0 Å². The molecule has 2 aromatic rings. The number of hydrogen-bond donors (Lipinski definition) is 2. The lowest BCUT2D eigenvalue weighted by atomic mass is 9.96. The number of hydrogen-bond acceptors (Lipinski definition) is 2. The van der Waals surface area contributed by atoms with Crippen LogP contribution >= 0.6 is 0 Å². The maximum atomic E-state index is 10.9. The van der Waals surface area contributed by atoms with Gasteiger partial charge in [0.15, 0.2) is 0 Å². The molecule has 0 radical (unpaired) electrons. The first-order chi connectivity index (χ1) is 10.7. The van der Waals surface area contributed by atoms with Gasteiger partial charge in [0.25, 0.3) is 0 Å². The molecule has 2 aromatic carbocycles. The van der Waals surface area contributed by atoms with Crippen molar-refractivity contribution >= 4 is 16.8 Å². The van der Waals surface area contributed by atoms with Gasteiger partial charge in [0, 0.05) is 19.6 Å². The molecule has 0 bridgehead atoms. The number of nitrogens with two attached hydrogens (primary N) is 1. The zero-order valence-electron chi connectivity index (χ0n) is 12.8. The van der Waals surface area contributed by atoms with Crippen LogP contribution in [0, 0.1) is 5.92 Å². The van der Waals surface area contributed by atoms with Gasteiger partial charge in [-0.15, -0.1) is 0 Å². The molecule has 4 nitrogen and oxygen atoms in total. The van der Waals surface area contributed by atoms with E-state index in [2.05, 4.69) is 52.7 Å². The van der Waals surface area contributed by atoms with E-state index in [1.165, 1.54) is 22.8 Å². The summed E-state index contributed by atoms with van der Waals surface area (Å²) in [6.45, 7) is 3.79. The van der Waals surface area contributed by atoms with E-state index in [0.717, 1.165) is 26.1 Å². The van der Waals surface area contributed by atoms with Gasteiger partial charge in [-0.1, -0.05) is 42.5 Å². The Labute approximate surface area is 131 Å². The molecule has 1 saturated heterocycles. The second-order valence-corrected chi connectivity index (χ2v) is 6.13. The zero-order chi connectivity index (χ0) is 15.4. The molecule has 1 heterocycles. The first kappa shape index (κ1) is 14.9. The van der Waals surface area contributed by atoms with Gasteiger partial charge < -0.3 is 11.1 Å². The van der Waals surface area contributed by atoms with Crippen molar-refractivity contribution in [1.82, 2.24) is 10.2 Å². The molecular weight excluding hydrogens is 274 g/mol. The maximum absolute atomic E-state index is 10.9. The fourth-order valence-corrected chi connectivity index (χ4v) is 3.38. The van der Waals surface area contributed by atoms with Crippen LogP contribution in [-0.4, -0.2) is 30.6 Å². The minimum Gasteiger partial charge on any atom is -0.352 e. The molecule has 1 fully saturated rings. The summed E-state index contributed by atoms with van der Waals surface area (Å²) >= 11 is 0. The van der Waals surface area contributed by atoms with Crippen molar-refractivity contribution < 1.29 is 4.79 Å². The summed E-state index contributed by atoms with van der Waals surface area (Å²) < 4.78 is 0. The van der Waals surface area contributed by atoms with Gasteiger partial charge in [-0.25, -0.2) is 4.79 Å². The summed E-state index contributed by atoms with van der Waals surface area (Å²) in [5.74, 6) is 0.497. The molecule has 1 unspecified atom stereocenters. The summed E-state index contributed by atoms with van der Waals surface area (Å²) in [4.78, 5) is 13.3. The lowest BCUT2D eigenvalue weighted by Crippen LogP contribution is -2.41. The minimum atomic E-state index is -0.425. The minimum absolute atomic E-state index is 0.425. The Kier molecular flexibility index (Phi) is 4.59. The van der Waals surface area contributed by atoms with Gasteiger partial charge in [-0.2, -0.15) is 0 Å². The van der Waals surface area contributed by atoms with Crippen LogP contribution in [0.25, 0.3) is 10.8 Å². The SMILES string of the molecule is NC(=O)NCC1CCCN(Cc2cccc3ccccc23)C1. The first-order valence-corrected chi connectivity index (χ1v) is 7.94. The highest BCUT2D eigenvalue weighted by Crippen LogP contribution is 2.23. The lowest BCUT2D eigenvalue weighted by Gasteiger charge is -2.33. The second kappa shape index (κ2) is 6.79. The molecule has 4 heteroatoms. The molecule has 0 spiro atoms. The van der Waals surface area contributed by atoms with Gasteiger partial charge in [0.2, 0.25) is 0 Å². The van der Waals surface area contributed by atoms with Crippen molar-refractivity contribution in [2.75, 3.05) is 19.6 Å². The Balaban J connectivity index is 1.68. The third kappa shape index (κ3) is 3.57. The van der Waals surface area contributed by atoms with Gasteiger partial charge in [-0.05, 0) is 41.6 Å². The Morgan fingerprint density at radius 3 is 2.91 bits per heavy atom. The average Bonchev–Trinajstić information content (AvgIpc) is 2.54. The number of amides is 2. The van der Waals surface area contributed by atoms with Crippen LogP contribution in [0.1, 0.15) is 18.4 Å². The van der Waals surface area contributed by atoms with Crippen molar-refractivity contribution in [2.45, 2.75) is 19.4 Å². The molecule has 116 valence electrons. The number of carbonyl (C=O) groups excluding carboxylic acids is 1. The zero-order valence-corrected chi connectivity index (χ0v) is 12.8. The molecular formula is C18H23N3O. The van der Waals surface area contributed by atoms with E-state index in [0.29, 0.717) is 12.5 Å². The highest BCUT2D eigenvalue weighted by atomic mass is 16.2. The van der Waals surface area contributed by atoms with Crippen molar-refractivity contribution in [3.8, 4) is 0 Å². The van der Waals surface area contributed by atoms with Crippen molar-refractivity contribution in [2.24, 2.45) is 11.7 Å². The Morgan fingerprint density at radius 2 is 2.05 bits per heavy atom. The number of carbonyl (C=O) groups is 1. The number of fused-ring (bicyclic) bond motifs is 1. The largest absolute Gasteiger partial charge is 0.352 e. The Morgan fingerprint density at radius 1 is 1.23 bits per heavy atom. The van der Waals surface area contributed by atoms with Crippen LogP contribution < -0.4 is 11.1 Å². The number of nitrogens with zero attached hydrogens (tertiary/aromatic N) is 1. The normalized spacial score (nSPS) is 19.2. The average molecular weight is 297 g/mol. The molecule has 1 aliphatic heterocycles. The van der Waals surface area contributed by atoms with E-state index in [1.54, 1.807) is 0 Å². The molecule has 0 saturated carbocycles. The summed E-state index contributed by atoms with van der Waals surface area (Å²) in [5, 5.41) is 5.37. The van der Waals surface area contributed by atoms with Crippen LogP contribution in [0.3, 0.4) is 0 Å². The number of urea groups is 1. The number of rotatable bonds is 4. The van der Waals surface area contributed by atoms with Gasteiger partial charge in [0.05, 0.1) is 0 Å². The summed E-state index contributed by atoms with van der Waals surface area (Å²) in [5.41, 5.74) is 6.54. The first-order valence-electron chi connectivity index (χ1n) is 7.94. The van der Waals surface area contributed by atoms with Crippen LogP contribution in [0.15, 0.2) is 42.5 Å². The predicted molar refractivity (Wildman–Crippen MR) is 89.5 cm³/mol. The van der Waals surface area contributed by atoms with Gasteiger partial charge in [0.1, 0.15) is 0 Å². The van der Waals surface area contributed by atoms with E-state index in [9.17, 15) is 4.79 Å². The third-order valence-corrected chi connectivity index (χ3v) is 4.44. The fraction of sp³-hybridized carbons (Fsp3) is 0.389. The molecule has 0 aliphatic carbocycles. The van der Waals surface area contributed by atoms with Crippen molar-refractivity contribution in [1.29, 1.82) is 0 Å². The summed E-state index contributed by atoms with van der Waals surface area (Å²) in [6, 6.07) is 14.6. The monoisotopic (exact) mass is 297 g/mol. The number of nitrogens with one attached hydrogen (secondary N) is 1. The number of benzene rings is 2. The lowest BCUT2D eigenvalue weighted by molar-refractivity contribution is 0.166. The maximum Gasteiger partial charge on any atom is 0.312 e. The molecule has 2 amide bonds. The van der Waals surface area contributed by atoms with E-state index in [4.69, 9.17) is 5.73 Å². The van der Waals surface area contributed by atoms with E-state index in [1.807, 2.05) is 0 Å². The third-order valence-electron chi connectivity index (χ3n) is 4.44. The van der Waals surface area contributed by atoms with Crippen LogP contribution in [0.4, 0.5) is 4.79 Å². The summed E-state index contributed by atoms with van der Waals surface area (Å²) in [7, 11) is 0. The highest BCUT2D eigenvalue weighted by Gasteiger charge is 2.20. The molecule has 22 heavy (non-hydrogen) atoms. The standard InChI is InChI=1S/C18H23N3O/c19-18(22)20-11-14-5-4-10-21(12-14)13-16-8-3-7-15-6-1-2-9-17(15)16/h1-3,6-9,14H,4-5,10-13H2,(H3,19,20,22). The molecule has 1 atom stereocenters. The quantitative estimate of drug-likeness (QED) is 0.911. The van der Waals surface area contributed by atoms with E-state index in [-0.39, 0.29) is 0 Å². The Bertz CT molecular complexity index is 650. The molecule has 3 rings (SSSR count). The smallest absolute Gasteiger partial charge is 0.312 e. The van der Waals surface area contributed by atoms with Gasteiger partial charge >= 0.3 is 6.03 Å². The Hall–Kier alpha value is -2.07. The highest BCUT2D eigenvalue weighted by molar-refractivity contribution is 5.85. The molecule has 0 aromatic heterocycles. The van der Waals surface area contributed by atoms with Crippen LogP contribution in [-0.2, 0) is 6.54 Å². The van der Waals surface area contributed by atoms with Gasteiger partial charge in [-0.3, -0.25) is 4.90 Å². The molecule has 1 aliphatic rings. The fourth-order valence-electron chi connectivity index (χ4n) is 3.38. The predicted octanol–water partition coefficient (Wildman–Crippen LogP) is 2.72. The van der Waals surface area contributed by atoms with Crippen molar-refractivity contribution in [3.63, 3.8) is 0 Å². The van der Waals surface area contributed by atoms with E-state index >= 15 is 0 Å². The number of piperidine rings is 1. The topological polar surface area (TPSA) is 58.4 Å². The number of likely N-dealkylation sites (tertiary alicyclic amines) is 1. The second-order valence-electron chi connectivity index (χ2n) is 6.13.